The molecule has 1 saturated heterocycles. The fourth-order valence-corrected chi connectivity index (χ4v) is 5.28. The number of hydrogen-bond donors (Lipinski definition) is 0. The van der Waals surface area contributed by atoms with Gasteiger partial charge in [-0.15, -0.1) is 0 Å². The fourth-order valence-electron chi connectivity index (χ4n) is 5.28. The van der Waals surface area contributed by atoms with E-state index in [4.69, 9.17) is 13.7 Å². The standard InChI is InChI=1S/C28H23BO3/c1-27(2)28(3,4)32-29(31-27)16-12-13-17-18-9-7-10-20-25(18)22(21(17)14-16)15-24-26(20)19-8-5-6-11-23(19)30-24/h5-15H,1-4H3. The van der Waals surface area contributed by atoms with Crippen LogP contribution in [0.4, 0.5) is 0 Å². The normalized spacial score (nSPS) is 18.2. The molecule has 0 saturated carbocycles. The van der Waals surface area contributed by atoms with Gasteiger partial charge in [0.15, 0.2) is 0 Å². The van der Waals surface area contributed by atoms with Crippen LogP contribution in [0.1, 0.15) is 27.7 Å². The SMILES string of the molecule is CC1(C)OB(c2ccc3c(c2)-c2cc4oc5ccccc5c4c4cccc-3c24)OC1(C)C. The number of para-hydroxylation sites is 1. The lowest BCUT2D eigenvalue weighted by molar-refractivity contribution is 0.00578. The molecule has 2 aliphatic rings. The van der Waals surface area contributed by atoms with Gasteiger partial charge in [-0.25, -0.2) is 0 Å². The average molecular weight is 418 g/mol. The first-order chi connectivity index (χ1) is 15.3. The minimum absolute atomic E-state index is 0.361. The van der Waals surface area contributed by atoms with E-state index in [0.717, 1.165) is 16.6 Å². The van der Waals surface area contributed by atoms with E-state index in [1.165, 1.54) is 43.8 Å². The summed E-state index contributed by atoms with van der Waals surface area (Å²) in [7, 11) is -0.376. The third-order valence-electron chi connectivity index (χ3n) is 7.65. The number of furan rings is 1. The van der Waals surface area contributed by atoms with E-state index in [2.05, 4.69) is 82.3 Å². The Hall–Kier alpha value is -3.08. The van der Waals surface area contributed by atoms with Crippen molar-refractivity contribution in [3.63, 3.8) is 0 Å². The van der Waals surface area contributed by atoms with E-state index < -0.39 is 0 Å². The van der Waals surface area contributed by atoms with E-state index in [9.17, 15) is 0 Å². The minimum Gasteiger partial charge on any atom is -0.456 e. The summed E-state index contributed by atoms with van der Waals surface area (Å²) >= 11 is 0. The third-order valence-corrected chi connectivity index (χ3v) is 7.65. The van der Waals surface area contributed by atoms with Gasteiger partial charge in [0, 0.05) is 10.8 Å². The van der Waals surface area contributed by atoms with Gasteiger partial charge >= 0.3 is 7.12 Å². The lowest BCUT2D eigenvalue weighted by Crippen LogP contribution is -2.41. The maximum absolute atomic E-state index is 6.33. The average Bonchev–Trinajstić information content (AvgIpc) is 3.37. The number of benzene rings is 4. The lowest BCUT2D eigenvalue weighted by atomic mass is 9.77. The highest BCUT2D eigenvalue weighted by molar-refractivity contribution is 6.62. The van der Waals surface area contributed by atoms with Gasteiger partial charge in [0.1, 0.15) is 11.2 Å². The Morgan fingerprint density at radius 2 is 1.34 bits per heavy atom. The van der Waals surface area contributed by atoms with Crippen molar-refractivity contribution >= 4 is 45.3 Å². The Morgan fingerprint density at radius 3 is 2.16 bits per heavy atom. The molecule has 0 bridgehead atoms. The van der Waals surface area contributed by atoms with Crippen LogP contribution < -0.4 is 5.46 Å². The van der Waals surface area contributed by atoms with Crippen molar-refractivity contribution in [2.24, 2.45) is 0 Å². The Bertz CT molecular complexity index is 1580. The second-order valence-corrected chi connectivity index (χ2v) is 10.0. The molecule has 0 radical (unpaired) electrons. The quantitative estimate of drug-likeness (QED) is 0.279. The predicted octanol–water partition coefficient (Wildman–Crippen LogP) is 6.69. The summed E-state index contributed by atoms with van der Waals surface area (Å²) in [6.07, 6.45) is 0. The van der Waals surface area contributed by atoms with E-state index in [1.807, 2.05) is 12.1 Å². The van der Waals surface area contributed by atoms with Gasteiger partial charge in [-0.3, -0.25) is 0 Å². The van der Waals surface area contributed by atoms with Crippen LogP contribution in [0, 0.1) is 0 Å². The molecule has 1 aliphatic heterocycles. The van der Waals surface area contributed by atoms with Crippen LogP contribution in [-0.4, -0.2) is 18.3 Å². The smallest absolute Gasteiger partial charge is 0.456 e. The molecule has 32 heavy (non-hydrogen) atoms. The van der Waals surface area contributed by atoms with Crippen LogP contribution in [-0.2, 0) is 9.31 Å². The molecule has 4 aromatic carbocycles. The molecular formula is C28H23BO3. The van der Waals surface area contributed by atoms with Gasteiger partial charge in [0.05, 0.1) is 11.2 Å². The van der Waals surface area contributed by atoms with Gasteiger partial charge in [-0.05, 0) is 78.3 Å². The molecule has 1 aliphatic carbocycles. The fraction of sp³-hybridized carbons (Fsp3) is 0.214. The van der Waals surface area contributed by atoms with Crippen LogP contribution >= 0.6 is 0 Å². The predicted molar refractivity (Wildman–Crippen MR) is 131 cm³/mol. The Labute approximate surface area is 187 Å². The minimum atomic E-state index is -0.376. The van der Waals surface area contributed by atoms with Crippen molar-refractivity contribution in [2.75, 3.05) is 0 Å². The lowest BCUT2D eigenvalue weighted by Gasteiger charge is -2.32. The van der Waals surface area contributed by atoms with Crippen molar-refractivity contribution < 1.29 is 13.7 Å². The molecule has 5 aromatic rings. The first-order valence-corrected chi connectivity index (χ1v) is 11.2. The molecule has 7 rings (SSSR count). The zero-order valence-electron chi connectivity index (χ0n) is 18.7. The molecule has 0 atom stereocenters. The molecular weight excluding hydrogens is 395 g/mol. The maximum Gasteiger partial charge on any atom is 0.494 e. The summed E-state index contributed by atoms with van der Waals surface area (Å²) in [5.74, 6) is 0. The molecule has 2 heterocycles. The van der Waals surface area contributed by atoms with Crippen molar-refractivity contribution in [2.45, 2.75) is 38.9 Å². The van der Waals surface area contributed by atoms with E-state index in [1.54, 1.807) is 0 Å². The molecule has 0 amide bonds. The maximum atomic E-state index is 6.33. The number of hydrogen-bond acceptors (Lipinski definition) is 3. The third kappa shape index (κ3) is 2.24. The van der Waals surface area contributed by atoms with Crippen LogP contribution in [0.3, 0.4) is 0 Å². The molecule has 1 aromatic heterocycles. The summed E-state index contributed by atoms with van der Waals surface area (Å²) in [5.41, 5.74) is 7.15. The Kier molecular flexibility index (Phi) is 3.37. The van der Waals surface area contributed by atoms with Crippen LogP contribution in [0.5, 0.6) is 0 Å². The Balaban J connectivity index is 1.47. The van der Waals surface area contributed by atoms with Gasteiger partial charge in [0.2, 0.25) is 0 Å². The van der Waals surface area contributed by atoms with E-state index in [-0.39, 0.29) is 18.3 Å². The summed E-state index contributed by atoms with van der Waals surface area (Å²) < 4.78 is 18.9. The molecule has 0 unspecified atom stereocenters. The molecule has 156 valence electrons. The summed E-state index contributed by atoms with van der Waals surface area (Å²) in [5, 5.41) is 4.90. The zero-order chi connectivity index (χ0) is 21.8. The van der Waals surface area contributed by atoms with Gasteiger partial charge < -0.3 is 13.7 Å². The van der Waals surface area contributed by atoms with Gasteiger partial charge in [0.25, 0.3) is 0 Å². The van der Waals surface area contributed by atoms with Crippen molar-refractivity contribution in [3.8, 4) is 22.3 Å². The molecule has 3 nitrogen and oxygen atoms in total. The highest BCUT2D eigenvalue weighted by Crippen LogP contribution is 2.50. The summed E-state index contributed by atoms with van der Waals surface area (Å²) in [6.45, 7) is 8.37. The number of fused-ring (bicyclic) bond motifs is 7. The molecule has 4 heteroatoms. The zero-order valence-corrected chi connectivity index (χ0v) is 18.7. The van der Waals surface area contributed by atoms with Gasteiger partial charge in [-0.2, -0.15) is 0 Å². The van der Waals surface area contributed by atoms with Crippen LogP contribution in [0.15, 0.2) is 71.1 Å². The largest absolute Gasteiger partial charge is 0.494 e. The monoisotopic (exact) mass is 418 g/mol. The second-order valence-electron chi connectivity index (χ2n) is 10.0. The molecule has 0 spiro atoms. The second kappa shape index (κ2) is 5.83. The van der Waals surface area contributed by atoms with Crippen molar-refractivity contribution in [1.82, 2.24) is 0 Å². The molecule has 1 fully saturated rings. The highest BCUT2D eigenvalue weighted by atomic mass is 16.7. The van der Waals surface area contributed by atoms with Crippen LogP contribution in [0.2, 0.25) is 0 Å². The number of rotatable bonds is 1. The van der Waals surface area contributed by atoms with Crippen LogP contribution in [0.25, 0.3) is 55.0 Å². The Morgan fingerprint density at radius 1 is 0.594 bits per heavy atom. The summed E-state index contributed by atoms with van der Waals surface area (Å²) in [4.78, 5) is 0. The van der Waals surface area contributed by atoms with Gasteiger partial charge in [-0.1, -0.05) is 54.6 Å². The van der Waals surface area contributed by atoms with Crippen molar-refractivity contribution in [3.05, 3.63) is 66.7 Å². The van der Waals surface area contributed by atoms with E-state index >= 15 is 0 Å². The summed E-state index contributed by atoms with van der Waals surface area (Å²) in [6, 6.07) is 23.7. The van der Waals surface area contributed by atoms with E-state index in [0.29, 0.717) is 0 Å². The first kappa shape index (κ1) is 18.5. The highest BCUT2D eigenvalue weighted by Gasteiger charge is 2.51. The van der Waals surface area contributed by atoms with Crippen molar-refractivity contribution in [1.29, 1.82) is 0 Å². The topological polar surface area (TPSA) is 31.6 Å². The molecule has 0 N–H and O–H groups in total. The first-order valence-electron chi connectivity index (χ1n) is 11.2.